The molecule has 0 spiro atoms. The first kappa shape index (κ1) is 24.2. The Bertz CT molecular complexity index is 1380. The summed E-state index contributed by atoms with van der Waals surface area (Å²) < 4.78 is 14.9. The van der Waals surface area contributed by atoms with Crippen LogP contribution in [0, 0.1) is 5.82 Å². The maximum absolute atomic E-state index is 13.1. The molecule has 9 heteroatoms. The highest BCUT2D eigenvalue weighted by molar-refractivity contribution is 6.32. The molecule has 5 rings (SSSR count). The van der Waals surface area contributed by atoms with Gasteiger partial charge in [0.25, 0.3) is 5.91 Å². The van der Waals surface area contributed by atoms with E-state index in [1.165, 1.54) is 24.3 Å². The molecule has 2 aromatic heterocycles. The number of aromatic nitrogens is 4. The fraction of sp³-hybridized carbons (Fsp3) is 0.333. The predicted molar refractivity (Wildman–Crippen MR) is 139 cm³/mol. The van der Waals surface area contributed by atoms with Gasteiger partial charge in [-0.2, -0.15) is 5.10 Å². The standard InChI is InChI=1S/C27H28ClFN6O/c1-16(2)24-33-25(21-15-30-35(26(21)34-24)23-6-4-3-5-22(23)28)31-19-11-13-20(14-12-19)32-27(36)17-7-9-18(29)10-8-17/h3-10,15-16,19-20H,11-14H2,1-2H3,(H,32,36)(H,31,33,34). The molecule has 2 aromatic carbocycles. The van der Waals surface area contributed by atoms with Crippen molar-refractivity contribution < 1.29 is 9.18 Å². The van der Waals surface area contributed by atoms with E-state index in [9.17, 15) is 9.18 Å². The number of nitrogens with zero attached hydrogens (tertiary/aromatic N) is 4. The van der Waals surface area contributed by atoms with Crippen LogP contribution in [-0.4, -0.2) is 37.7 Å². The smallest absolute Gasteiger partial charge is 0.251 e. The van der Waals surface area contributed by atoms with Gasteiger partial charge in [-0.15, -0.1) is 0 Å². The number of para-hydroxylation sites is 1. The summed E-state index contributed by atoms with van der Waals surface area (Å²) in [6.45, 7) is 4.13. The van der Waals surface area contributed by atoms with Gasteiger partial charge in [-0.3, -0.25) is 4.79 Å². The van der Waals surface area contributed by atoms with Crippen molar-refractivity contribution in [3.8, 4) is 5.69 Å². The zero-order valence-electron chi connectivity index (χ0n) is 20.2. The third-order valence-corrected chi connectivity index (χ3v) is 6.87. The Kier molecular flexibility index (Phi) is 6.87. The van der Waals surface area contributed by atoms with E-state index in [2.05, 4.69) is 29.6 Å². The van der Waals surface area contributed by atoms with E-state index in [1.54, 1.807) is 10.9 Å². The zero-order valence-corrected chi connectivity index (χ0v) is 21.0. The minimum Gasteiger partial charge on any atom is -0.367 e. The minimum atomic E-state index is -0.352. The van der Waals surface area contributed by atoms with E-state index in [-0.39, 0.29) is 29.7 Å². The van der Waals surface area contributed by atoms with Gasteiger partial charge in [0, 0.05) is 23.6 Å². The Balaban J connectivity index is 1.31. The van der Waals surface area contributed by atoms with Gasteiger partial charge < -0.3 is 10.6 Å². The summed E-state index contributed by atoms with van der Waals surface area (Å²) in [4.78, 5) is 22.1. The van der Waals surface area contributed by atoms with Crippen molar-refractivity contribution in [3.63, 3.8) is 0 Å². The summed E-state index contributed by atoms with van der Waals surface area (Å²) in [5.41, 5.74) is 1.95. The number of benzene rings is 2. The third-order valence-electron chi connectivity index (χ3n) is 6.55. The molecular formula is C27H28ClFN6O. The molecule has 1 aliphatic rings. The number of hydrogen-bond donors (Lipinski definition) is 2. The summed E-state index contributed by atoms with van der Waals surface area (Å²) in [5, 5.41) is 12.7. The molecule has 4 aromatic rings. The summed E-state index contributed by atoms with van der Waals surface area (Å²) >= 11 is 6.44. The fourth-order valence-corrected chi connectivity index (χ4v) is 4.75. The normalized spacial score (nSPS) is 17.9. The summed E-state index contributed by atoms with van der Waals surface area (Å²) in [5.74, 6) is 1.12. The van der Waals surface area contributed by atoms with Crippen molar-refractivity contribution in [3.05, 3.63) is 77.0 Å². The van der Waals surface area contributed by atoms with Crippen LogP contribution in [0.3, 0.4) is 0 Å². The van der Waals surface area contributed by atoms with E-state index in [4.69, 9.17) is 21.6 Å². The number of nitrogens with one attached hydrogen (secondary N) is 2. The number of rotatable bonds is 6. The minimum absolute atomic E-state index is 0.0835. The molecule has 1 fully saturated rings. The lowest BCUT2D eigenvalue weighted by Gasteiger charge is -2.30. The van der Waals surface area contributed by atoms with Crippen molar-refractivity contribution in [2.24, 2.45) is 0 Å². The molecule has 7 nitrogen and oxygen atoms in total. The number of carbonyl (C=O) groups is 1. The van der Waals surface area contributed by atoms with Crippen LogP contribution >= 0.6 is 11.6 Å². The van der Waals surface area contributed by atoms with Gasteiger partial charge >= 0.3 is 0 Å². The van der Waals surface area contributed by atoms with Gasteiger partial charge in [0.1, 0.15) is 17.5 Å². The quantitative estimate of drug-likeness (QED) is 0.341. The largest absolute Gasteiger partial charge is 0.367 e. The Morgan fingerprint density at radius 3 is 2.42 bits per heavy atom. The summed E-state index contributed by atoms with van der Waals surface area (Å²) in [6, 6.07) is 13.5. The predicted octanol–water partition coefficient (Wildman–Crippen LogP) is 5.88. The molecule has 0 atom stereocenters. The van der Waals surface area contributed by atoms with Gasteiger partial charge in [-0.25, -0.2) is 19.0 Å². The summed E-state index contributed by atoms with van der Waals surface area (Å²) in [6.07, 6.45) is 5.23. The van der Waals surface area contributed by atoms with Crippen molar-refractivity contribution in [1.29, 1.82) is 0 Å². The molecule has 0 bridgehead atoms. The molecule has 0 radical (unpaired) electrons. The van der Waals surface area contributed by atoms with Crippen LogP contribution < -0.4 is 10.6 Å². The molecule has 0 unspecified atom stereocenters. The van der Waals surface area contributed by atoms with E-state index in [1.807, 2.05) is 24.3 Å². The SMILES string of the molecule is CC(C)c1nc(NC2CCC(NC(=O)c3ccc(F)cc3)CC2)c2cnn(-c3ccccc3Cl)c2n1. The van der Waals surface area contributed by atoms with E-state index >= 15 is 0 Å². The lowest BCUT2D eigenvalue weighted by Crippen LogP contribution is -2.40. The average molecular weight is 507 g/mol. The maximum atomic E-state index is 13.1. The first-order valence-electron chi connectivity index (χ1n) is 12.2. The van der Waals surface area contributed by atoms with Crippen LogP contribution in [0.1, 0.15) is 61.6 Å². The maximum Gasteiger partial charge on any atom is 0.251 e. The second kappa shape index (κ2) is 10.2. The van der Waals surface area contributed by atoms with Crippen LogP contribution in [0.2, 0.25) is 5.02 Å². The Morgan fingerprint density at radius 2 is 1.72 bits per heavy atom. The van der Waals surface area contributed by atoms with E-state index < -0.39 is 0 Å². The van der Waals surface area contributed by atoms with Gasteiger partial charge in [-0.1, -0.05) is 37.6 Å². The highest BCUT2D eigenvalue weighted by atomic mass is 35.5. The molecular weight excluding hydrogens is 479 g/mol. The van der Waals surface area contributed by atoms with Gasteiger partial charge in [0.05, 0.1) is 22.3 Å². The first-order valence-corrected chi connectivity index (χ1v) is 12.6. The van der Waals surface area contributed by atoms with Crippen LogP contribution in [0.4, 0.5) is 10.2 Å². The highest BCUT2D eigenvalue weighted by Gasteiger charge is 2.25. The first-order chi connectivity index (χ1) is 17.4. The lowest BCUT2D eigenvalue weighted by molar-refractivity contribution is 0.0926. The third kappa shape index (κ3) is 5.04. The van der Waals surface area contributed by atoms with Crippen molar-refractivity contribution in [1.82, 2.24) is 25.1 Å². The number of amides is 1. The highest BCUT2D eigenvalue weighted by Crippen LogP contribution is 2.30. The Hall–Kier alpha value is -3.52. The van der Waals surface area contributed by atoms with Crippen molar-refractivity contribution >= 4 is 34.4 Å². The van der Waals surface area contributed by atoms with E-state index in [0.29, 0.717) is 16.2 Å². The van der Waals surface area contributed by atoms with Crippen LogP contribution in [0.25, 0.3) is 16.7 Å². The number of hydrogen-bond acceptors (Lipinski definition) is 5. The molecule has 1 saturated carbocycles. The molecule has 1 aliphatic carbocycles. The molecule has 0 saturated heterocycles. The molecule has 2 N–H and O–H groups in total. The Morgan fingerprint density at radius 1 is 1.03 bits per heavy atom. The molecule has 0 aliphatic heterocycles. The van der Waals surface area contributed by atoms with Crippen LogP contribution in [0.15, 0.2) is 54.7 Å². The second-order valence-electron chi connectivity index (χ2n) is 9.50. The topological polar surface area (TPSA) is 84.7 Å². The number of anilines is 1. The zero-order chi connectivity index (χ0) is 25.2. The number of halogens is 2. The van der Waals surface area contributed by atoms with Gasteiger partial charge in [0.15, 0.2) is 5.65 Å². The molecule has 36 heavy (non-hydrogen) atoms. The number of fused-ring (bicyclic) bond motifs is 1. The lowest BCUT2D eigenvalue weighted by atomic mass is 9.91. The second-order valence-corrected chi connectivity index (χ2v) is 9.91. The average Bonchev–Trinajstić information content (AvgIpc) is 3.30. The number of carbonyl (C=O) groups excluding carboxylic acids is 1. The Labute approximate surface area is 214 Å². The van der Waals surface area contributed by atoms with Crippen molar-refractivity contribution in [2.75, 3.05) is 5.32 Å². The van der Waals surface area contributed by atoms with E-state index in [0.717, 1.165) is 48.4 Å². The van der Waals surface area contributed by atoms with Crippen LogP contribution in [-0.2, 0) is 0 Å². The molecule has 1 amide bonds. The summed E-state index contributed by atoms with van der Waals surface area (Å²) in [7, 11) is 0. The molecule has 186 valence electrons. The molecule has 2 heterocycles. The van der Waals surface area contributed by atoms with Crippen molar-refractivity contribution in [2.45, 2.75) is 57.5 Å². The van der Waals surface area contributed by atoms with Gasteiger partial charge in [-0.05, 0) is 62.1 Å². The monoisotopic (exact) mass is 506 g/mol. The fourth-order valence-electron chi connectivity index (χ4n) is 4.54. The van der Waals surface area contributed by atoms with Crippen LogP contribution in [0.5, 0.6) is 0 Å². The van der Waals surface area contributed by atoms with Gasteiger partial charge in [0.2, 0.25) is 0 Å².